The topological polar surface area (TPSA) is 55.1 Å². The van der Waals surface area contributed by atoms with Crippen molar-refractivity contribution in [3.8, 4) is 22.6 Å². The minimum atomic E-state index is -0.0173. The molecule has 1 N–H and O–H groups in total. The Bertz CT molecular complexity index is 1070. The maximum absolute atomic E-state index is 12.5. The number of hydrogen-bond acceptors (Lipinski definition) is 4. The number of rotatable bonds is 9. The summed E-state index contributed by atoms with van der Waals surface area (Å²) >= 11 is 1.32. The van der Waals surface area contributed by atoms with Gasteiger partial charge in [-0.1, -0.05) is 103 Å². The fourth-order valence-corrected chi connectivity index (χ4v) is 4.12. The van der Waals surface area contributed by atoms with Crippen LogP contribution >= 0.6 is 11.8 Å². The van der Waals surface area contributed by atoms with Gasteiger partial charge in [-0.05, 0) is 25.3 Å². The molecular formula is C27H26N2O2S. The Morgan fingerprint density at radius 3 is 2.16 bits per heavy atom. The summed E-state index contributed by atoms with van der Waals surface area (Å²) in [7, 11) is 0. The molecular weight excluding hydrogens is 416 g/mol. The summed E-state index contributed by atoms with van der Waals surface area (Å²) < 4.78 is 6.09. The van der Waals surface area contributed by atoms with Crippen molar-refractivity contribution in [3.63, 3.8) is 0 Å². The van der Waals surface area contributed by atoms with Crippen LogP contribution in [-0.2, 0) is 11.2 Å². The highest BCUT2D eigenvalue weighted by Crippen LogP contribution is 2.35. The molecule has 162 valence electrons. The van der Waals surface area contributed by atoms with E-state index in [-0.39, 0.29) is 17.7 Å². The highest BCUT2D eigenvalue weighted by molar-refractivity contribution is 7.99. The minimum absolute atomic E-state index is 0.0173. The molecule has 0 radical (unpaired) electrons. The number of nitrogens with zero attached hydrogens (tertiary/aromatic N) is 1. The summed E-state index contributed by atoms with van der Waals surface area (Å²) in [5.74, 6) is 0.964. The van der Waals surface area contributed by atoms with Crippen LogP contribution in [0.25, 0.3) is 22.6 Å². The van der Waals surface area contributed by atoms with Gasteiger partial charge in [-0.2, -0.15) is 0 Å². The number of aryl methyl sites for hydroxylation is 1. The molecule has 0 bridgehead atoms. The zero-order valence-electron chi connectivity index (χ0n) is 18.0. The van der Waals surface area contributed by atoms with Gasteiger partial charge in [-0.25, -0.2) is 4.98 Å². The van der Waals surface area contributed by atoms with E-state index in [1.807, 2.05) is 85.8 Å². The lowest BCUT2D eigenvalue weighted by Crippen LogP contribution is -2.34. The van der Waals surface area contributed by atoms with Gasteiger partial charge in [0.1, 0.15) is 5.69 Å². The standard InChI is InChI=1S/C27H26N2O2S/c1-20(17-18-21-11-5-2-6-12-21)28-24(30)19-32-27-29-25(22-13-7-3-8-14-22)26(31-27)23-15-9-4-10-16-23/h2-16,20H,17-19H2,1H3,(H,28,30). The van der Waals surface area contributed by atoms with Gasteiger partial charge < -0.3 is 9.73 Å². The maximum Gasteiger partial charge on any atom is 0.257 e. The van der Waals surface area contributed by atoms with Crippen LogP contribution in [0.4, 0.5) is 0 Å². The third-order valence-corrected chi connectivity index (χ3v) is 5.96. The van der Waals surface area contributed by atoms with Gasteiger partial charge in [0.25, 0.3) is 5.22 Å². The Kier molecular flexibility index (Phi) is 7.41. The number of thioether (sulfide) groups is 1. The molecule has 0 spiro atoms. The minimum Gasteiger partial charge on any atom is -0.431 e. The largest absolute Gasteiger partial charge is 0.431 e. The first-order valence-corrected chi connectivity index (χ1v) is 11.8. The zero-order chi connectivity index (χ0) is 22.2. The molecule has 0 aliphatic rings. The molecule has 4 nitrogen and oxygen atoms in total. The van der Waals surface area contributed by atoms with E-state index in [9.17, 15) is 4.79 Å². The number of carbonyl (C=O) groups excluding carboxylic acids is 1. The van der Waals surface area contributed by atoms with Crippen molar-refractivity contribution in [2.24, 2.45) is 0 Å². The average Bonchev–Trinajstić information content (AvgIpc) is 3.28. The fourth-order valence-electron chi connectivity index (χ4n) is 3.48. The van der Waals surface area contributed by atoms with Crippen LogP contribution in [0.5, 0.6) is 0 Å². The third-order valence-electron chi connectivity index (χ3n) is 5.13. The first-order chi connectivity index (χ1) is 15.7. The first kappa shape index (κ1) is 21.9. The summed E-state index contributed by atoms with van der Waals surface area (Å²) in [6.45, 7) is 2.04. The molecule has 3 aromatic carbocycles. The Balaban J connectivity index is 1.39. The number of oxazole rings is 1. The molecule has 4 rings (SSSR count). The summed E-state index contributed by atoms with van der Waals surface area (Å²) in [6.07, 6.45) is 1.84. The van der Waals surface area contributed by atoms with Gasteiger partial charge in [-0.15, -0.1) is 0 Å². The van der Waals surface area contributed by atoms with Gasteiger partial charge in [0.15, 0.2) is 5.76 Å². The molecule has 0 aliphatic carbocycles. The van der Waals surface area contributed by atoms with Gasteiger partial charge in [-0.3, -0.25) is 4.79 Å². The molecule has 1 aromatic heterocycles. The molecule has 32 heavy (non-hydrogen) atoms. The van der Waals surface area contributed by atoms with Crippen molar-refractivity contribution >= 4 is 17.7 Å². The Labute approximate surface area is 193 Å². The molecule has 0 saturated carbocycles. The number of hydrogen-bond donors (Lipinski definition) is 1. The molecule has 0 fully saturated rings. The predicted molar refractivity (Wildman–Crippen MR) is 130 cm³/mol. The Hall–Kier alpha value is -3.31. The van der Waals surface area contributed by atoms with Crippen molar-refractivity contribution in [1.29, 1.82) is 0 Å². The zero-order valence-corrected chi connectivity index (χ0v) is 18.8. The number of amides is 1. The van der Waals surface area contributed by atoms with Crippen LogP contribution in [0.2, 0.25) is 0 Å². The third kappa shape index (κ3) is 5.89. The van der Waals surface area contributed by atoms with Crippen molar-refractivity contribution in [2.45, 2.75) is 31.0 Å². The highest BCUT2D eigenvalue weighted by atomic mass is 32.2. The number of nitrogens with one attached hydrogen (secondary N) is 1. The van der Waals surface area contributed by atoms with Crippen molar-refractivity contribution < 1.29 is 9.21 Å². The molecule has 1 atom stereocenters. The summed E-state index contributed by atoms with van der Waals surface area (Å²) in [5.41, 5.74) is 4.02. The van der Waals surface area contributed by atoms with E-state index in [1.54, 1.807) is 0 Å². The first-order valence-electron chi connectivity index (χ1n) is 10.8. The van der Waals surface area contributed by atoms with Gasteiger partial charge in [0.05, 0.1) is 5.75 Å². The van der Waals surface area contributed by atoms with Gasteiger partial charge in [0.2, 0.25) is 5.91 Å². The highest BCUT2D eigenvalue weighted by Gasteiger charge is 2.18. The maximum atomic E-state index is 12.5. The van der Waals surface area contributed by atoms with E-state index in [2.05, 4.69) is 17.4 Å². The normalized spacial score (nSPS) is 11.8. The van der Waals surface area contributed by atoms with E-state index in [0.29, 0.717) is 5.22 Å². The van der Waals surface area contributed by atoms with Crippen molar-refractivity contribution in [1.82, 2.24) is 10.3 Å². The average molecular weight is 443 g/mol. The van der Waals surface area contributed by atoms with Gasteiger partial charge in [0, 0.05) is 17.2 Å². The molecule has 1 unspecified atom stereocenters. The number of aromatic nitrogens is 1. The molecule has 4 aromatic rings. The summed E-state index contributed by atoms with van der Waals surface area (Å²) in [4.78, 5) is 17.2. The van der Waals surface area contributed by atoms with Crippen LogP contribution in [0.15, 0.2) is 101 Å². The lowest BCUT2D eigenvalue weighted by atomic mass is 10.1. The quantitative estimate of drug-likeness (QED) is 0.312. The van der Waals surface area contributed by atoms with Crippen LogP contribution in [0.3, 0.4) is 0 Å². The van der Waals surface area contributed by atoms with Crippen LogP contribution in [0.1, 0.15) is 18.9 Å². The predicted octanol–water partition coefficient (Wildman–Crippen LogP) is 6.24. The van der Waals surface area contributed by atoms with E-state index in [0.717, 1.165) is 35.4 Å². The van der Waals surface area contributed by atoms with E-state index >= 15 is 0 Å². The Morgan fingerprint density at radius 2 is 1.50 bits per heavy atom. The smallest absolute Gasteiger partial charge is 0.257 e. The second kappa shape index (κ2) is 10.8. The SMILES string of the molecule is CC(CCc1ccccc1)NC(=O)CSc1nc(-c2ccccc2)c(-c2ccccc2)o1. The summed E-state index contributed by atoms with van der Waals surface area (Å²) in [5, 5.41) is 3.57. The molecule has 0 aliphatic heterocycles. The van der Waals surface area contributed by atoms with E-state index in [4.69, 9.17) is 9.40 Å². The van der Waals surface area contributed by atoms with Crippen molar-refractivity contribution in [3.05, 3.63) is 96.6 Å². The van der Waals surface area contributed by atoms with E-state index < -0.39 is 0 Å². The summed E-state index contributed by atoms with van der Waals surface area (Å²) in [6, 6.07) is 30.3. The van der Waals surface area contributed by atoms with E-state index in [1.165, 1.54) is 17.3 Å². The lowest BCUT2D eigenvalue weighted by Gasteiger charge is -2.13. The molecule has 5 heteroatoms. The molecule has 1 amide bonds. The lowest BCUT2D eigenvalue weighted by molar-refractivity contribution is -0.119. The second-order valence-corrected chi connectivity index (χ2v) is 8.60. The van der Waals surface area contributed by atoms with Crippen LogP contribution < -0.4 is 5.32 Å². The monoisotopic (exact) mass is 442 g/mol. The van der Waals surface area contributed by atoms with Crippen molar-refractivity contribution in [2.75, 3.05) is 5.75 Å². The Morgan fingerprint density at radius 1 is 0.906 bits per heavy atom. The second-order valence-electron chi connectivity index (χ2n) is 7.67. The van der Waals surface area contributed by atoms with Crippen LogP contribution in [-0.4, -0.2) is 22.7 Å². The number of benzene rings is 3. The number of carbonyl (C=O) groups is 1. The molecule has 1 heterocycles. The van der Waals surface area contributed by atoms with Gasteiger partial charge >= 0.3 is 0 Å². The molecule has 0 saturated heterocycles. The fraction of sp³-hybridized carbons (Fsp3) is 0.185. The van der Waals surface area contributed by atoms with Crippen LogP contribution in [0, 0.1) is 0 Å².